The van der Waals surface area contributed by atoms with Crippen molar-refractivity contribution >= 4 is 17.8 Å². The molecule has 0 bridgehead atoms. The highest BCUT2D eigenvalue weighted by Gasteiger charge is 2.59. The van der Waals surface area contributed by atoms with Gasteiger partial charge in [0, 0.05) is 44.3 Å². The Morgan fingerprint density at radius 1 is 1.25 bits per heavy atom. The largest absolute Gasteiger partial charge is 0.481 e. The third kappa shape index (κ3) is 5.86. The molecule has 0 spiro atoms. The van der Waals surface area contributed by atoms with Crippen molar-refractivity contribution in [3.05, 3.63) is 64.6 Å². The van der Waals surface area contributed by atoms with Gasteiger partial charge in [0.1, 0.15) is 11.9 Å². The second kappa shape index (κ2) is 12.0. The maximum Gasteiger partial charge on any atom is 0.338 e. The Bertz CT molecular complexity index is 1500. The van der Waals surface area contributed by atoms with Crippen LogP contribution in [0.15, 0.2) is 46.9 Å². The summed E-state index contributed by atoms with van der Waals surface area (Å²) < 4.78 is 53.3. The molecule has 3 aliphatic rings. The van der Waals surface area contributed by atoms with E-state index in [2.05, 4.69) is 10.3 Å². The lowest BCUT2D eigenvalue weighted by Crippen LogP contribution is -2.46. The van der Waals surface area contributed by atoms with Gasteiger partial charge in [0.15, 0.2) is 11.7 Å². The van der Waals surface area contributed by atoms with Crippen molar-refractivity contribution < 1.29 is 32.6 Å². The molecule has 1 aromatic heterocycles. The Hall–Kier alpha value is -3.71. The summed E-state index contributed by atoms with van der Waals surface area (Å²) in [5, 5.41) is 12.7. The number of halogens is 3. The van der Waals surface area contributed by atoms with Gasteiger partial charge in [0.25, 0.3) is 5.92 Å². The molecule has 3 atom stereocenters. The summed E-state index contributed by atoms with van der Waals surface area (Å²) in [7, 11) is 1.78. The minimum Gasteiger partial charge on any atom is -0.481 e. The molecule has 0 amide bonds. The van der Waals surface area contributed by atoms with Gasteiger partial charge in [-0.15, -0.1) is 0 Å². The normalized spacial score (nSPS) is 23.8. The zero-order valence-electron chi connectivity index (χ0n) is 25.6. The predicted octanol–water partition coefficient (Wildman–Crippen LogP) is 3.67. The number of amidine groups is 1. The molecule has 0 aliphatic carbocycles. The van der Waals surface area contributed by atoms with Crippen LogP contribution in [0.25, 0.3) is 0 Å². The van der Waals surface area contributed by atoms with E-state index in [-0.39, 0.29) is 31.7 Å². The summed E-state index contributed by atoms with van der Waals surface area (Å²) in [6.45, 7) is 6.60. The summed E-state index contributed by atoms with van der Waals surface area (Å²) >= 11 is 0. The van der Waals surface area contributed by atoms with Crippen LogP contribution in [-0.2, 0) is 21.4 Å². The first-order chi connectivity index (χ1) is 20.7. The molecule has 1 unspecified atom stereocenters. The number of aliphatic imine (C=N–C) groups is 1. The minimum atomic E-state index is -3.07. The standard InChI is InChI=1S/C31H39F3N6O4/c1-6-44-28(41)23-21(16-40-17-31(33,34)25-22(40)10-13-39(25)14-11-30(3,4)29(42)43)36-26(27-35-12-15-38(27)5)37-24(23)19-8-7-9-20(32)18(19)2/h7-9,12,15,22,24-25H,6,10-11,13-14,16-17H2,1-5H3,(H,36,37)(H,42,43)/t22-,24?,25+/m0/s1. The van der Waals surface area contributed by atoms with E-state index in [4.69, 9.17) is 9.73 Å². The number of carboxylic acids is 1. The molecule has 4 heterocycles. The number of hydrogen-bond acceptors (Lipinski definition) is 8. The highest BCUT2D eigenvalue weighted by molar-refractivity contribution is 6.02. The summed E-state index contributed by atoms with van der Waals surface area (Å²) in [5.74, 6) is -4.38. The van der Waals surface area contributed by atoms with Crippen LogP contribution < -0.4 is 5.32 Å². The quantitative estimate of drug-likeness (QED) is 0.389. The lowest BCUT2D eigenvalue weighted by atomic mass is 9.89. The summed E-state index contributed by atoms with van der Waals surface area (Å²) in [5.41, 5.74) is 0.195. The first kappa shape index (κ1) is 31.7. The summed E-state index contributed by atoms with van der Waals surface area (Å²) in [6.07, 6.45) is 4.02. The van der Waals surface area contributed by atoms with E-state index in [1.807, 2.05) is 0 Å². The number of likely N-dealkylation sites (tertiary alicyclic amines) is 2. The molecule has 2 saturated heterocycles. The van der Waals surface area contributed by atoms with Crippen LogP contribution >= 0.6 is 0 Å². The van der Waals surface area contributed by atoms with E-state index in [9.17, 15) is 19.1 Å². The number of rotatable bonds is 10. The van der Waals surface area contributed by atoms with Crippen LogP contribution in [0, 0.1) is 18.2 Å². The molecule has 0 radical (unpaired) electrons. The Morgan fingerprint density at radius 2 is 2.00 bits per heavy atom. The van der Waals surface area contributed by atoms with Crippen molar-refractivity contribution in [2.24, 2.45) is 17.5 Å². The molecule has 2 fully saturated rings. The third-order valence-electron chi connectivity index (χ3n) is 9.01. The number of aliphatic carboxylic acids is 1. The zero-order valence-corrected chi connectivity index (χ0v) is 25.6. The minimum absolute atomic E-state index is 0.0341. The van der Waals surface area contributed by atoms with Crippen LogP contribution in [0.4, 0.5) is 13.2 Å². The predicted molar refractivity (Wildman–Crippen MR) is 157 cm³/mol. The summed E-state index contributed by atoms with van der Waals surface area (Å²) in [6, 6.07) is 1.98. The van der Waals surface area contributed by atoms with E-state index >= 15 is 8.78 Å². The van der Waals surface area contributed by atoms with Crippen molar-refractivity contribution in [1.82, 2.24) is 24.7 Å². The number of hydrogen-bond donors (Lipinski definition) is 2. The van der Waals surface area contributed by atoms with Gasteiger partial charge in [0.2, 0.25) is 0 Å². The third-order valence-corrected chi connectivity index (χ3v) is 9.01. The lowest BCUT2D eigenvalue weighted by molar-refractivity contribution is -0.147. The van der Waals surface area contributed by atoms with Crippen molar-refractivity contribution in [2.75, 3.05) is 32.8 Å². The average Bonchev–Trinajstić information content (AvgIpc) is 3.65. The number of imidazole rings is 1. The number of nitrogens with one attached hydrogen (secondary N) is 1. The second-order valence-corrected chi connectivity index (χ2v) is 12.4. The average molecular weight is 617 g/mol. The highest BCUT2D eigenvalue weighted by Crippen LogP contribution is 2.43. The lowest BCUT2D eigenvalue weighted by Gasteiger charge is -2.32. The number of carbonyl (C=O) groups is 2. The molecular weight excluding hydrogens is 577 g/mol. The molecule has 5 rings (SSSR count). The number of benzene rings is 1. The van der Waals surface area contributed by atoms with Crippen molar-refractivity contribution in [3.8, 4) is 0 Å². The van der Waals surface area contributed by atoms with E-state index < -0.39 is 53.8 Å². The van der Waals surface area contributed by atoms with Gasteiger partial charge in [-0.1, -0.05) is 12.1 Å². The number of alkyl halides is 2. The fraction of sp³-hybridized carbons (Fsp3) is 0.548. The molecule has 0 saturated carbocycles. The Kier molecular flexibility index (Phi) is 8.65. The van der Waals surface area contributed by atoms with Crippen LogP contribution in [0.5, 0.6) is 0 Å². The van der Waals surface area contributed by atoms with Gasteiger partial charge in [-0.3, -0.25) is 19.6 Å². The van der Waals surface area contributed by atoms with Gasteiger partial charge >= 0.3 is 11.9 Å². The molecule has 1 aromatic carbocycles. The van der Waals surface area contributed by atoms with Crippen LogP contribution in [-0.4, -0.2) is 93.0 Å². The second-order valence-electron chi connectivity index (χ2n) is 12.4. The van der Waals surface area contributed by atoms with Crippen LogP contribution in [0.2, 0.25) is 0 Å². The Balaban J connectivity index is 1.52. The molecule has 3 aliphatic heterocycles. The number of nitrogens with zero attached hydrogens (tertiary/aromatic N) is 5. The number of esters is 1. The van der Waals surface area contributed by atoms with E-state index in [1.54, 1.807) is 73.6 Å². The molecule has 2 N–H and O–H groups in total. The zero-order chi connectivity index (χ0) is 32.0. The first-order valence-corrected chi connectivity index (χ1v) is 14.8. The SMILES string of the molecule is CCOC(=O)C1=C(CN2CC(F)(F)[C@H]3[C@@H]2CCN3CCC(C)(C)C(=O)O)NC(c2nccn2C)=NC1c1cccc(F)c1C. The van der Waals surface area contributed by atoms with Crippen molar-refractivity contribution in [3.63, 3.8) is 0 Å². The van der Waals surface area contributed by atoms with Crippen molar-refractivity contribution in [2.45, 2.75) is 64.6 Å². The number of carbonyl (C=O) groups excluding carboxylic acids is 1. The Morgan fingerprint density at radius 3 is 2.66 bits per heavy atom. The van der Waals surface area contributed by atoms with Gasteiger partial charge in [-0.2, -0.15) is 0 Å². The van der Waals surface area contributed by atoms with Gasteiger partial charge < -0.3 is 19.7 Å². The van der Waals surface area contributed by atoms with Gasteiger partial charge in [0.05, 0.1) is 30.2 Å². The van der Waals surface area contributed by atoms with E-state index in [0.29, 0.717) is 41.4 Å². The topological polar surface area (TPSA) is 112 Å². The highest BCUT2D eigenvalue weighted by atomic mass is 19.3. The summed E-state index contributed by atoms with van der Waals surface area (Å²) in [4.78, 5) is 37.7. The number of aryl methyl sites for hydroxylation is 1. The van der Waals surface area contributed by atoms with E-state index in [0.717, 1.165) is 0 Å². The van der Waals surface area contributed by atoms with Crippen molar-refractivity contribution in [1.29, 1.82) is 0 Å². The molecule has 2 aromatic rings. The number of aromatic nitrogens is 2. The maximum atomic E-state index is 15.7. The smallest absolute Gasteiger partial charge is 0.338 e. The fourth-order valence-electron chi connectivity index (χ4n) is 6.43. The molecule has 44 heavy (non-hydrogen) atoms. The number of ether oxygens (including phenoxy) is 1. The first-order valence-electron chi connectivity index (χ1n) is 14.8. The molecule has 13 heteroatoms. The number of carboxylic acid groups (broad SMARTS) is 1. The van der Waals surface area contributed by atoms with E-state index in [1.165, 1.54) is 6.07 Å². The van der Waals surface area contributed by atoms with Crippen LogP contribution in [0.3, 0.4) is 0 Å². The molecule has 238 valence electrons. The molecular formula is C31H39F3N6O4. The van der Waals surface area contributed by atoms with Crippen LogP contribution in [0.1, 0.15) is 56.6 Å². The van der Waals surface area contributed by atoms with Gasteiger partial charge in [-0.25, -0.2) is 22.9 Å². The maximum absolute atomic E-state index is 15.7. The monoisotopic (exact) mass is 616 g/mol. The van der Waals surface area contributed by atoms with Gasteiger partial charge in [-0.05, 0) is 64.3 Å². The number of fused-ring (bicyclic) bond motifs is 1. The Labute approximate surface area is 254 Å². The fourth-order valence-corrected chi connectivity index (χ4v) is 6.43. The molecule has 10 nitrogen and oxygen atoms in total.